The number of piperazine rings is 1. The molecule has 13 heteroatoms. The number of anilines is 1. The van der Waals surface area contributed by atoms with Crippen LogP contribution in [0.3, 0.4) is 0 Å². The number of carbonyl (C=O) groups is 2. The van der Waals surface area contributed by atoms with Crippen LogP contribution in [-0.4, -0.2) is 80.1 Å². The van der Waals surface area contributed by atoms with Crippen LogP contribution in [0.15, 0.2) is 66.5 Å². The molecule has 46 heavy (non-hydrogen) atoms. The molecule has 0 bridgehead atoms. The molecule has 6 rings (SSSR count). The molecule has 236 valence electrons. The zero-order valence-corrected chi connectivity index (χ0v) is 25.4. The number of nitriles is 1. The van der Waals surface area contributed by atoms with Crippen molar-refractivity contribution in [3.63, 3.8) is 0 Å². The van der Waals surface area contributed by atoms with Crippen LogP contribution in [0.4, 0.5) is 10.2 Å². The average molecular weight is 624 g/mol. The number of fused-ring (bicyclic) bond motifs is 1. The summed E-state index contributed by atoms with van der Waals surface area (Å²) >= 11 is 0. The van der Waals surface area contributed by atoms with E-state index < -0.39 is 5.82 Å². The number of aromatic nitrogens is 4. The number of nitrogens with zero attached hydrogens (tertiary/aromatic N) is 7. The van der Waals surface area contributed by atoms with E-state index in [0.29, 0.717) is 61.4 Å². The predicted molar refractivity (Wildman–Crippen MR) is 169 cm³/mol. The van der Waals surface area contributed by atoms with Gasteiger partial charge in [-0.25, -0.2) is 19.0 Å². The van der Waals surface area contributed by atoms with E-state index in [1.165, 1.54) is 12.4 Å². The van der Waals surface area contributed by atoms with Crippen molar-refractivity contribution in [2.24, 2.45) is 0 Å². The van der Waals surface area contributed by atoms with Gasteiger partial charge in [0, 0.05) is 43.9 Å². The molecule has 0 saturated carbocycles. The first kappa shape index (κ1) is 30.7. The van der Waals surface area contributed by atoms with Gasteiger partial charge < -0.3 is 20.7 Å². The van der Waals surface area contributed by atoms with Crippen LogP contribution in [0.2, 0.25) is 0 Å². The van der Waals surface area contributed by atoms with Crippen molar-refractivity contribution in [1.82, 2.24) is 34.9 Å². The van der Waals surface area contributed by atoms with Crippen molar-refractivity contribution in [1.29, 1.82) is 5.26 Å². The molecule has 2 aromatic carbocycles. The first-order valence-corrected chi connectivity index (χ1v) is 15.3. The number of nitrogens with two attached hydrogens (primary N) is 1. The number of amides is 2. The lowest BCUT2D eigenvalue weighted by atomic mass is 10.0. The SMILES string of the molecule is CC[C@H](C=C(C#N)C(=O)N1CCCC(n2nc(-c3ccc(Oc4ccccc4)cc3F)c3c(N)ncnc32)C1)N1CCNC(=O)C1. The molecule has 0 radical (unpaired) electrons. The minimum Gasteiger partial charge on any atom is -0.457 e. The fourth-order valence-electron chi connectivity index (χ4n) is 6.10. The molecule has 12 nitrogen and oxygen atoms in total. The first-order valence-electron chi connectivity index (χ1n) is 15.3. The van der Waals surface area contributed by atoms with Crippen LogP contribution in [0, 0.1) is 17.1 Å². The molecular weight excluding hydrogens is 589 g/mol. The zero-order valence-electron chi connectivity index (χ0n) is 25.4. The Balaban J connectivity index is 1.27. The smallest absolute Gasteiger partial charge is 0.264 e. The summed E-state index contributed by atoms with van der Waals surface area (Å²) < 4.78 is 23.1. The molecule has 4 aromatic rings. The van der Waals surface area contributed by atoms with E-state index in [9.17, 15) is 14.9 Å². The van der Waals surface area contributed by atoms with Crippen molar-refractivity contribution in [2.75, 3.05) is 38.5 Å². The molecule has 2 aliphatic rings. The third-order valence-electron chi connectivity index (χ3n) is 8.39. The lowest BCUT2D eigenvalue weighted by Gasteiger charge is -2.34. The molecule has 2 aromatic heterocycles. The second-order valence-corrected chi connectivity index (χ2v) is 11.3. The summed E-state index contributed by atoms with van der Waals surface area (Å²) in [5, 5.41) is 18.0. The van der Waals surface area contributed by atoms with Crippen molar-refractivity contribution < 1.29 is 18.7 Å². The van der Waals surface area contributed by atoms with Gasteiger partial charge in [0.15, 0.2) is 5.65 Å². The number of halogens is 1. The van der Waals surface area contributed by atoms with Gasteiger partial charge >= 0.3 is 0 Å². The molecule has 2 fully saturated rings. The number of carbonyl (C=O) groups excluding carboxylic acids is 2. The van der Waals surface area contributed by atoms with Gasteiger partial charge in [-0.1, -0.05) is 25.1 Å². The number of rotatable bonds is 8. The molecular formula is C33H34FN9O3. The van der Waals surface area contributed by atoms with E-state index in [4.69, 9.17) is 15.6 Å². The molecule has 0 aliphatic carbocycles. The Labute approximate surface area is 265 Å². The number of para-hydroxylation sites is 1. The van der Waals surface area contributed by atoms with Gasteiger partial charge in [0.2, 0.25) is 5.91 Å². The number of piperidine rings is 1. The third-order valence-corrected chi connectivity index (χ3v) is 8.39. The second kappa shape index (κ2) is 13.3. The monoisotopic (exact) mass is 623 g/mol. The van der Waals surface area contributed by atoms with Crippen LogP contribution in [0.1, 0.15) is 32.2 Å². The van der Waals surface area contributed by atoms with Crippen LogP contribution >= 0.6 is 0 Å². The van der Waals surface area contributed by atoms with Crippen molar-refractivity contribution >= 4 is 28.7 Å². The Kier molecular flexibility index (Phi) is 8.89. The van der Waals surface area contributed by atoms with Crippen molar-refractivity contribution in [3.8, 4) is 28.8 Å². The molecule has 4 heterocycles. The van der Waals surface area contributed by atoms with Crippen molar-refractivity contribution in [2.45, 2.75) is 38.3 Å². The van der Waals surface area contributed by atoms with E-state index in [0.717, 1.165) is 0 Å². The Morgan fingerprint density at radius 3 is 2.78 bits per heavy atom. The quantitative estimate of drug-likeness (QED) is 0.220. The molecule has 3 N–H and O–H groups in total. The molecule has 2 aliphatic heterocycles. The summed E-state index contributed by atoms with van der Waals surface area (Å²) in [5.74, 6) is 0.0650. The molecule has 0 spiro atoms. The summed E-state index contributed by atoms with van der Waals surface area (Å²) in [6.07, 6.45) is 5.00. The minimum absolute atomic E-state index is 0.0379. The number of ether oxygens (including phenoxy) is 1. The number of hydrogen-bond acceptors (Lipinski definition) is 9. The summed E-state index contributed by atoms with van der Waals surface area (Å²) in [6.45, 7) is 4.09. The number of hydrogen-bond donors (Lipinski definition) is 2. The van der Waals surface area contributed by atoms with Crippen LogP contribution < -0.4 is 15.8 Å². The molecule has 2 amide bonds. The Bertz CT molecular complexity index is 1840. The number of nitrogens with one attached hydrogen (secondary N) is 1. The zero-order chi connectivity index (χ0) is 32.2. The van der Waals surface area contributed by atoms with Gasteiger partial charge in [-0.05, 0) is 49.6 Å². The fourth-order valence-corrected chi connectivity index (χ4v) is 6.10. The number of benzene rings is 2. The topological polar surface area (TPSA) is 155 Å². The second-order valence-electron chi connectivity index (χ2n) is 11.3. The maximum Gasteiger partial charge on any atom is 0.264 e. The summed E-state index contributed by atoms with van der Waals surface area (Å²) in [5.41, 5.74) is 7.25. The Hall–Kier alpha value is -5.35. The summed E-state index contributed by atoms with van der Waals surface area (Å²) in [7, 11) is 0. The Morgan fingerprint density at radius 1 is 1.22 bits per heavy atom. The van der Waals surface area contributed by atoms with Gasteiger partial charge in [-0.15, -0.1) is 0 Å². The summed E-state index contributed by atoms with van der Waals surface area (Å²) in [6, 6.07) is 15.2. The average Bonchev–Trinajstić information content (AvgIpc) is 3.46. The Morgan fingerprint density at radius 2 is 2.04 bits per heavy atom. The van der Waals surface area contributed by atoms with Gasteiger partial charge in [0.25, 0.3) is 5.91 Å². The largest absolute Gasteiger partial charge is 0.457 e. The fraction of sp³-hybridized carbons (Fsp3) is 0.333. The number of likely N-dealkylation sites (tertiary alicyclic amines) is 1. The lowest BCUT2D eigenvalue weighted by Crippen LogP contribution is -2.51. The van der Waals surface area contributed by atoms with Gasteiger partial charge in [0.05, 0.1) is 18.0 Å². The van der Waals surface area contributed by atoms with Crippen molar-refractivity contribution in [3.05, 3.63) is 72.3 Å². The van der Waals surface area contributed by atoms with E-state index in [1.54, 1.807) is 39.9 Å². The highest BCUT2D eigenvalue weighted by Crippen LogP contribution is 2.36. The highest BCUT2D eigenvalue weighted by Gasteiger charge is 2.31. The third kappa shape index (κ3) is 6.25. The van der Waals surface area contributed by atoms with Gasteiger partial charge in [0.1, 0.15) is 46.8 Å². The normalized spacial score (nSPS) is 18.2. The first-order chi connectivity index (χ1) is 22.4. The van der Waals surface area contributed by atoms with E-state index >= 15 is 4.39 Å². The molecule has 2 atom stereocenters. The highest BCUT2D eigenvalue weighted by molar-refractivity contribution is 5.99. The maximum atomic E-state index is 15.6. The van der Waals surface area contributed by atoms with E-state index in [2.05, 4.69) is 21.4 Å². The maximum absolute atomic E-state index is 15.6. The van der Waals surface area contributed by atoms with Crippen LogP contribution in [-0.2, 0) is 9.59 Å². The molecule has 1 unspecified atom stereocenters. The van der Waals surface area contributed by atoms with Gasteiger partial charge in [-0.2, -0.15) is 10.4 Å². The molecule has 2 saturated heterocycles. The van der Waals surface area contributed by atoms with Crippen LogP contribution in [0.25, 0.3) is 22.3 Å². The standard InChI is InChI=1S/C33H34FN9O3/c1-2-22(41-14-12-37-28(44)19-41)15-21(17-35)33(45)42-13-6-7-23(18-42)43-32-29(31(36)38-20-39-32)30(40-43)26-11-10-25(16-27(26)34)46-24-8-4-3-5-9-24/h3-5,8-11,15-16,20,22-23H,2,6-7,12-14,18-19H2,1H3,(H,37,44)(H2,36,38,39)/t22-,23?/m1/s1. The predicted octanol–water partition coefficient (Wildman–Crippen LogP) is 3.83. The van der Waals surface area contributed by atoms with Crippen LogP contribution in [0.5, 0.6) is 11.5 Å². The lowest BCUT2D eigenvalue weighted by molar-refractivity contribution is -0.128. The van der Waals surface area contributed by atoms with Gasteiger partial charge in [-0.3, -0.25) is 14.5 Å². The summed E-state index contributed by atoms with van der Waals surface area (Å²) in [4.78, 5) is 37.8. The minimum atomic E-state index is -0.552. The highest BCUT2D eigenvalue weighted by atomic mass is 19.1. The van der Waals surface area contributed by atoms with E-state index in [-0.39, 0.29) is 59.6 Å². The van der Waals surface area contributed by atoms with E-state index in [1.807, 2.05) is 30.0 Å². The number of nitrogen functional groups attached to an aromatic ring is 1.